The average molecular weight is 370 g/mol. The average Bonchev–Trinajstić information content (AvgIpc) is 2.67. The van der Waals surface area contributed by atoms with Gasteiger partial charge in [-0.25, -0.2) is 9.77 Å². The summed E-state index contributed by atoms with van der Waals surface area (Å²) >= 11 is 0. The standard InChI is InChI=1S/C16H14N6O5/c1-26-12-6-13(27-2)20-16(19-12)21-14(18)11(7-17)9-4-3-8(22(24)25)5-10(9)15(21)23/h3-6,22,24H,18H2,1-2H3. The van der Waals surface area contributed by atoms with Crippen LogP contribution < -0.4 is 26.0 Å². The smallest absolute Gasteiger partial charge is 0.267 e. The number of ether oxygens (including phenoxy) is 2. The quantitative estimate of drug-likeness (QED) is 0.521. The van der Waals surface area contributed by atoms with Gasteiger partial charge in [-0.2, -0.15) is 20.5 Å². The van der Waals surface area contributed by atoms with E-state index in [0.717, 1.165) is 4.57 Å². The molecule has 2 heterocycles. The summed E-state index contributed by atoms with van der Waals surface area (Å²) in [5, 5.41) is 28.9. The van der Waals surface area contributed by atoms with Crippen molar-refractivity contribution in [3.05, 3.63) is 45.4 Å². The molecule has 0 saturated heterocycles. The largest absolute Gasteiger partial charge is 0.595 e. The predicted molar refractivity (Wildman–Crippen MR) is 93.1 cm³/mol. The summed E-state index contributed by atoms with van der Waals surface area (Å²) in [6.45, 7) is 0. The van der Waals surface area contributed by atoms with Crippen LogP contribution in [0.4, 0.5) is 11.5 Å². The Morgan fingerprint density at radius 1 is 1.22 bits per heavy atom. The molecule has 27 heavy (non-hydrogen) atoms. The van der Waals surface area contributed by atoms with Gasteiger partial charge in [0.05, 0.1) is 25.7 Å². The van der Waals surface area contributed by atoms with Crippen molar-refractivity contribution in [1.82, 2.24) is 14.5 Å². The molecule has 0 radical (unpaired) electrons. The lowest BCUT2D eigenvalue weighted by atomic mass is 10.1. The fourth-order valence-corrected chi connectivity index (χ4v) is 2.57. The topological polar surface area (TPSA) is 164 Å². The molecule has 0 fully saturated rings. The van der Waals surface area contributed by atoms with Crippen LogP contribution in [0.5, 0.6) is 11.8 Å². The van der Waals surface area contributed by atoms with Gasteiger partial charge < -0.3 is 20.4 Å². The van der Waals surface area contributed by atoms with Crippen molar-refractivity contribution in [3.8, 4) is 23.8 Å². The summed E-state index contributed by atoms with van der Waals surface area (Å²) in [6, 6.07) is 7.17. The third-order valence-electron chi connectivity index (χ3n) is 3.86. The fourth-order valence-electron chi connectivity index (χ4n) is 2.57. The van der Waals surface area contributed by atoms with Gasteiger partial charge in [0.15, 0.2) is 5.69 Å². The number of methoxy groups -OCH3 is 2. The summed E-state index contributed by atoms with van der Waals surface area (Å²) < 4.78 is 11.0. The minimum absolute atomic E-state index is 0.00748. The maximum atomic E-state index is 13.0. The normalized spacial score (nSPS) is 11.8. The molecule has 11 nitrogen and oxygen atoms in total. The number of hydrogen-bond acceptors (Lipinski definition) is 9. The van der Waals surface area contributed by atoms with Gasteiger partial charge in [-0.15, -0.1) is 0 Å². The summed E-state index contributed by atoms with van der Waals surface area (Å²) in [4.78, 5) is 21.2. The first-order valence-electron chi connectivity index (χ1n) is 7.50. The van der Waals surface area contributed by atoms with Gasteiger partial charge in [0.1, 0.15) is 17.5 Å². The van der Waals surface area contributed by atoms with E-state index >= 15 is 0 Å². The summed E-state index contributed by atoms with van der Waals surface area (Å²) in [5.74, 6) is -0.136. The van der Waals surface area contributed by atoms with E-state index in [0.29, 0.717) is 0 Å². The van der Waals surface area contributed by atoms with Crippen LogP contribution in [0.1, 0.15) is 5.56 Å². The first-order chi connectivity index (χ1) is 12.9. The van der Waals surface area contributed by atoms with Crippen molar-refractivity contribution in [3.63, 3.8) is 0 Å². The zero-order valence-electron chi connectivity index (χ0n) is 14.3. The molecule has 138 valence electrons. The van der Waals surface area contributed by atoms with E-state index < -0.39 is 10.8 Å². The highest BCUT2D eigenvalue weighted by Gasteiger charge is 2.20. The number of nitrogens with two attached hydrogens (primary N) is 1. The molecule has 0 bridgehead atoms. The summed E-state index contributed by atoms with van der Waals surface area (Å²) in [6.07, 6.45) is 0. The van der Waals surface area contributed by atoms with Gasteiger partial charge in [-0.3, -0.25) is 4.79 Å². The molecule has 0 amide bonds. The van der Waals surface area contributed by atoms with Crippen molar-refractivity contribution in [1.29, 1.82) is 5.26 Å². The third kappa shape index (κ3) is 3.00. The molecule has 1 unspecified atom stereocenters. The molecule has 4 N–H and O–H groups in total. The van der Waals surface area contributed by atoms with Crippen LogP contribution in [0.25, 0.3) is 16.7 Å². The monoisotopic (exact) mass is 370 g/mol. The minimum atomic E-state index is -1.21. The summed E-state index contributed by atoms with van der Waals surface area (Å²) in [7, 11) is 2.75. The van der Waals surface area contributed by atoms with E-state index in [9.17, 15) is 20.5 Å². The van der Waals surface area contributed by atoms with E-state index in [1.807, 2.05) is 6.07 Å². The molecule has 0 aliphatic carbocycles. The Hall–Kier alpha value is -3.72. The number of fused-ring (bicyclic) bond motifs is 1. The number of hydrogen-bond donors (Lipinski definition) is 3. The first kappa shape index (κ1) is 18.1. The molecule has 3 aromatic rings. The maximum Gasteiger partial charge on any atom is 0.267 e. The lowest BCUT2D eigenvalue weighted by Gasteiger charge is -2.15. The molecule has 11 heteroatoms. The Labute approximate surface area is 152 Å². The van der Waals surface area contributed by atoms with E-state index in [1.54, 1.807) is 0 Å². The Morgan fingerprint density at radius 2 is 1.85 bits per heavy atom. The number of pyridine rings is 1. The Bertz CT molecular complexity index is 1110. The number of quaternary nitrogens is 1. The molecule has 0 aliphatic heterocycles. The lowest BCUT2D eigenvalue weighted by Crippen LogP contribution is -2.99. The zero-order valence-corrected chi connectivity index (χ0v) is 14.3. The Morgan fingerprint density at radius 3 is 2.37 bits per heavy atom. The van der Waals surface area contributed by atoms with E-state index in [-0.39, 0.29) is 45.5 Å². The van der Waals surface area contributed by atoms with Gasteiger partial charge in [0, 0.05) is 17.5 Å². The number of benzene rings is 1. The molecule has 2 aromatic heterocycles. The van der Waals surface area contributed by atoms with Crippen LogP contribution in [0, 0.1) is 16.5 Å². The number of nitrogens with one attached hydrogen (secondary N) is 1. The second kappa shape index (κ2) is 6.89. The SMILES string of the molecule is COc1cc(OC)nc(-n2c(N)c(C#N)c3ccc([NH+]([O-])O)cc3c2=O)n1. The number of aromatic nitrogens is 3. The van der Waals surface area contributed by atoms with E-state index in [1.165, 1.54) is 38.5 Å². The van der Waals surface area contributed by atoms with Gasteiger partial charge in [-0.1, -0.05) is 0 Å². The Kier molecular flexibility index (Phi) is 4.61. The molecule has 1 aromatic carbocycles. The van der Waals surface area contributed by atoms with Crippen LogP contribution in [-0.2, 0) is 0 Å². The molecule has 0 aliphatic rings. The third-order valence-corrected chi connectivity index (χ3v) is 3.86. The molecule has 0 saturated carbocycles. The molecule has 3 rings (SSSR count). The number of nitriles is 1. The first-order valence-corrected chi connectivity index (χ1v) is 7.50. The Balaban J connectivity index is 2.43. The second-order valence-electron chi connectivity index (χ2n) is 5.33. The van der Waals surface area contributed by atoms with Crippen molar-refractivity contribution < 1.29 is 19.9 Å². The molecular weight excluding hydrogens is 356 g/mol. The highest BCUT2D eigenvalue weighted by atomic mass is 16.8. The number of nitrogen functional groups attached to an aromatic ring is 1. The van der Waals surface area contributed by atoms with Crippen LogP contribution in [0.3, 0.4) is 0 Å². The van der Waals surface area contributed by atoms with Crippen molar-refractivity contribution >= 4 is 22.3 Å². The highest BCUT2D eigenvalue weighted by Crippen LogP contribution is 2.25. The highest BCUT2D eigenvalue weighted by molar-refractivity contribution is 5.92. The van der Waals surface area contributed by atoms with E-state index in [2.05, 4.69) is 9.97 Å². The maximum absolute atomic E-state index is 13.0. The van der Waals surface area contributed by atoms with Gasteiger partial charge in [0.25, 0.3) is 5.56 Å². The second-order valence-corrected chi connectivity index (χ2v) is 5.33. The van der Waals surface area contributed by atoms with Gasteiger partial charge >= 0.3 is 0 Å². The molecular formula is C16H14N6O5. The molecule has 0 spiro atoms. The zero-order chi connectivity index (χ0) is 19.7. The minimum Gasteiger partial charge on any atom is -0.595 e. The van der Waals surface area contributed by atoms with Crippen LogP contribution in [0.15, 0.2) is 29.1 Å². The predicted octanol–water partition coefficient (Wildman–Crippen LogP) is -0.345. The van der Waals surface area contributed by atoms with E-state index in [4.69, 9.17) is 15.2 Å². The van der Waals surface area contributed by atoms with Gasteiger partial charge in [0.2, 0.25) is 17.7 Å². The van der Waals surface area contributed by atoms with Crippen molar-refractivity contribution in [2.45, 2.75) is 0 Å². The molecule has 1 atom stereocenters. The van der Waals surface area contributed by atoms with Crippen LogP contribution in [0.2, 0.25) is 0 Å². The van der Waals surface area contributed by atoms with Crippen LogP contribution in [-0.4, -0.2) is 34.0 Å². The fraction of sp³-hybridized carbons (Fsp3) is 0.125. The van der Waals surface area contributed by atoms with Crippen LogP contribution >= 0.6 is 0 Å². The van der Waals surface area contributed by atoms with Crippen molar-refractivity contribution in [2.75, 3.05) is 20.0 Å². The van der Waals surface area contributed by atoms with Gasteiger partial charge in [-0.05, 0) is 6.07 Å². The number of nitrogens with zero attached hydrogens (tertiary/aromatic N) is 4. The number of rotatable bonds is 4. The lowest BCUT2D eigenvalue weighted by molar-refractivity contribution is -0.991. The van der Waals surface area contributed by atoms with Crippen molar-refractivity contribution in [2.24, 2.45) is 0 Å². The number of anilines is 1. The summed E-state index contributed by atoms with van der Waals surface area (Å²) in [5.41, 5.74) is 5.24.